The number of unbranched alkanes of at least 4 members (excludes halogenated alkanes) is 1. The Morgan fingerprint density at radius 1 is 1.26 bits per heavy atom. The second kappa shape index (κ2) is 14.8. The average Bonchev–Trinajstić information content (AvgIpc) is 2.99. The summed E-state index contributed by atoms with van der Waals surface area (Å²) in [5, 5.41) is 13.5. The third-order valence-electron chi connectivity index (χ3n) is 9.24. The molecule has 3 atom stereocenters. The Bertz CT molecular complexity index is 1220. The smallest absolute Gasteiger partial charge is 0.310 e. The Morgan fingerprint density at radius 3 is 2.88 bits per heavy atom. The van der Waals surface area contributed by atoms with Crippen LogP contribution < -0.4 is 10.1 Å². The number of hydrogen-bond acceptors (Lipinski definition) is 7. The molecule has 3 heterocycles. The molecule has 0 amide bonds. The van der Waals surface area contributed by atoms with Crippen LogP contribution in [-0.2, 0) is 38.5 Å². The number of rotatable bonds is 15. The quantitative estimate of drug-likeness (QED) is 0.226. The van der Waals surface area contributed by atoms with Crippen molar-refractivity contribution in [3.63, 3.8) is 0 Å². The minimum atomic E-state index is -0.921. The summed E-state index contributed by atoms with van der Waals surface area (Å²) in [7, 11) is 1.72. The zero-order chi connectivity index (χ0) is 30.2. The first-order valence-corrected chi connectivity index (χ1v) is 16.0. The van der Waals surface area contributed by atoms with Crippen molar-refractivity contribution in [1.29, 1.82) is 0 Å². The zero-order valence-electron chi connectivity index (χ0n) is 25.7. The molecule has 1 saturated heterocycles. The molecule has 43 heavy (non-hydrogen) atoms. The Kier molecular flexibility index (Phi) is 10.9. The maximum Gasteiger partial charge on any atom is 0.310 e. The van der Waals surface area contributed by atoms with E-state index < -0.39 is 23.3 Å². The van der Waals surface area contributed by atoms with Crippen LogP contribution in [0.4, 0.5) is 10.2 Å². The van der Waals surface area contributed by atoms with Gasteiger partial charge in [0.05, 0.1) is 39.0 Å². The molecular weight excluding hydrogens is 551 g/mol. The van der Waals surface area contributed by atoms with Crippen molar-refractivity contribution < 1.29 is 33.2 Å². The van der Waals surface area contributed by atoms with Crippen molar-refractivity contribution in [2.45, 2.75) is 102 Å². The molecule has 0 radical (unpaired) electrons. The van der Waals surface area contributed by atoms with E-state index >= 15 is 0 Å². The van der Waals surface area contributed by atoms with Gasteiger partial charge < -0.3 is 29.4 Å². The van der Waals surface area contributed by atoms with Gasteiger partial charge in [0.2, 0.25) is 0 Å². The van der Waals surface area contributed by atoms with E-state index in [-0.39, 0.29) is 12.7 Å². The maximum absolute atomic E-state index is 14.9. The first kappa shape index (κ1) is 31.7. The molecule has 8 nitrogen and oxygen atoms in total. The Hall–Kier alpha value is -2.75. The third-order valence-corrected chi connectivity index (χ3v) is 9.24. The van der Waals surface area contributed by atoms with E-state index in [1.54, 1.807) is 19.2 Å². The van der Waals surface area contributed by atoms with Crippen LogP contribution in [0.15, 0.2) is 24.3 Å². The summed E-state index contributed by atoms with van der Waals surface area (Å²) >= 11 is 0. The standard InChI is InChI=1S/C34H47FN2O6/c1-34(21-41-22-34)43-20-29-26(11-6-13-30(29)35)27(33(38)39)15-14-23-8-5-10-25(18-23)42-17-4-3-9-24-19-31(40-2)28-12-7-16-36-32(28)37-24/h6,11,13,19,23,25,27H,3-5,7-10,12,14-18,20-22H2,1-2H3,(H,36,37)(H,38,39)/t23?,25-,27?/m1/s1. The minimum absolute atomic E-state index is 0.0396. The number of fused-ring (bicyclic) bond motifs is 1. The molecule has 2 aliphatic heterocycles. The first-order valence-electron chi connectivity index (χ1n) is 16.0. The van der Waals surface area contributed by atoms with E-state index in [1.165, 1.54) is 11.6 Å². The summed E-state index contributed by atoms with van der Waals surface area (Å²) in [6, 6.07) is 6.78. The van der Waals surface area contributed by atoms with Crippen molar-refractivity contribution in [1.82, 2.24) is 4.98 Å². The summed E-state index contributed by atoms with van der Waals surface area (Å²) in [6.45, 7) is 4.56. The normalized spacial score (nSPS) is 21.7. The molecule has 1 aromatic carbocycles. The Morgan fingerprint density at radius 2 is 2.12 bits per heavy atom. The van der Waals surface area contributed by atoms with Crippen LogP contribution in [0.1, 0.15) is 93.0 Å². The van der Waals surface area contributed by atoms with Crippen LogP contribution in [0.3, 0.4) is 0 Å². The summed E-state index contributed by atoms with van der Waals surface area (Å²) in [5.74, 6) is 0.191. The number of carboxylic acids is 1. The molecule has 9 heteroatoms. The van der Waals surface area contributed by atoms with Crippen LogP contribution in [0, 0.1) is 11.7 Å². The molecule has 2 unspecified atom stereocenters. The van der Waals surface area contributed by atoms with E-state index in [9.17, 15) is 14.3 Å². The number of methoxy groups -OCH3 is 1. The molecule has 2 fully saturated rings. The van der Waals surface area contributed by atoms with Gasteiger partial charge in [0, 0.05) is 36.0 Å². The van der Waals surface area contributed by atoms with Crippen LogP contribution >= 0.6 is 0 Å². The zero-order valence-corrected chi connectivity index (χ0v) is 25.7. The fourth-order valence-electron chi connectivity index (χ4n) is 6.67. The van der Waals surface area contributed by atoms with Gasteiger partial charge in [0.15, 0.2) is 0 Å². The number of anilines is 1. The fraction of sp³-hybridized carbons (Fsp3) is 0.647. The summed E-state index contributed by atoms with van der Waals surface area (Å²) in [5.41, 5.74) is 2.64. The summed E-state index contributed by atoms with van der Waals surface area (Å²) in [6.07, 6.45) is 10.5. The predicted octanol–water partition coefficient (Wildman–Crippen LogP) is 6.44. The number of pyridine rings is 1. The van der Waals surface area contributed by atoms with Gasteiger partial charge in [-0.3, -0.25) is 4.79 Å². The van der Waals surface area contributed by atoms with E-state index in [1.807, 2.05) is 6.92 Å². The molecule has 5 rings (SSSR count). The lowest BCUT2D eigenvalue weighted by atomic mass is 9.81. The van der Waals surface area contributed by atoms with Gasteiger partial charge in [-0.15, -0.1) is 0 Å². The number of aliphatic carboxylic acids is 1. The highest BCUT2D eigenvalue weighted by molar-refractivity contribution is 5.76. The largest absolute Gasteiger partial charge is 0.496 e. The van der Waals surface area contributed by atoms with Crippen molar-refractivity contribution >= 4 is 11.8 Å². The number of benzene rings is 1. The minimum Gasteiger partial charge on any atom is -0.496 e. The lowest BCUT2D eigenvalue weighted by molar-refractivity contribution is -0.205. The second-order valence-electron chi connectivity index (χ2n) is 12.7. The number of nitrogens with zero attached hydrogens (tertiary/aromatic N) is 1. The van der Waals surface area contributed by atoms with Gasteiger partial charge in [-0.05, 0) is 82.3 Å². The molecule has 0 bridgehead atoms. The monoisotopic (exact) mass is 598 g/mol. The van der Waals surface area contributed by atoms with Crippen molar-refractivity contribution in [2.24, 2.45) is 5.92 Å². The second-order valence-corrected chi connectivity index (χ2v) is 12.7. The van der Waals surface area contributed by atoms with E-state index in [2.05, 4.69) is 11.4 Å². The number of carbonyl (C=O) groups is 1. The first-order chi connectivity index (χ1) is 20.8. The van der Waals surface area contributed by atoms with Crippen LogP contribution in [0.2, 0.25) is 0 Å². The van der Waals surface area contributed by atoms with Gasteiger partial charge >= 0.3 is 5.97 Å². The molecule has 1 aliphatic carbocycles. The lowest BCUT2D eigenvalue weighted by Crippen LogP contribution is -2.49. The molecule has 236 valence electrons. The van der Waals surface area contributed by atoms with Gasteiger partial charge in [-0.2, -0.15) is 0 Å². The van der Waals surface area contributed by atoms with Crippen LogP contribution in [0.5, 0.6) is 5.75 Å². The molecule has 1 saturated carbocycles. The Balaban J connectivity index is 1.07. The average molecular weight is 599 g/mol. The van der Waals surface area contributed by atoms with Gasteiger partial charge in [0.1, 0.15) is 23.0 Å². The van der Waals surface area contributed by atoms with E-state index in [4.69, 9.17) is 23.9 Å². The SMILES string of the molecule is COc1cc(CCCCO[C@@H]2CCCC(CCC(C(=O)O)c3cccc(F)c3COC3(C)COC3)C2)nc2c1CCCN2. The maximum atomic E-state index is 14.9. The summed E-state index contributed by atoms with van der Waals surface area (Å²) < 4.78 is 37.9. The molecule has 3 aliphatic rings. The van der Waals surface area contributed by atoms with Gasteiger partial charge in [0.25, 0.3) is 0 Å². The lowest BCUT2D eigenvalue weighted by Gasteiger charge is -2.38. The van der Waals surface area contributed by atoms with E-state index in [0.29, 0.717) is 43.3 Å². The van der Waals surface area contributed by atoms with Gasteiger partial charge in [-0.25, -0.2) is 9.37 Å². The molecule has 0 spiro atoms. The van der Waals surface area contributed by atoms with Crippen molar-refractivity contribution in [3.8, 4) is 5.75 Å². The van der Waals surface area contributed by atoms with Crippen LogP contribution in [-0.4, -0.2) is 61.2 Å². The number of hydrogen-bond donors (Lipinski definition) is 2. The topological polar surface area (TPSA) is 99.1 Å². The molecule has 2 aromatic rings. The number of ether oxygens (including phenoxy) is 4. The number of aryl methyl sites for hydroxylation is 1. The van der Waals surface area contributed by atoms with Crippen molar-refractivity contribution in [3.05, 3.63) is 52.5 Å². The number of carboxylic acid groups (broad SMARTS) is 1. The van der Waals surface area contributed by atoms with Gasteiger partial charge in [-0.1, -0.05) is 25.0 Å². The third kappa shape index (κ3) is 8.25. The highest BCUT2D eigenvalue weighted by Gasteiger charge is 2.35. The molecular formula is C34H47FN2O6. The van der Waals surface area contributed by atoms with Crippen molar-refractivity contribution in [2.75, 3.05) is 38.8 Å². The fourth-order valence-corrected chi connectivity index (χ4v) is 6.67. The summed E-state index contributed by atoms with van der Waals surface area (Å²) in [4.78, 5) is 17.2. The Labute approximate surface area is 254 Å². The van der Waals surface area contributed by atoms with E-state index in [0.717, 1.165) is 88.0 Å². The highest BCUT2D eigenvalue weighted by atomic mass is 19.1. The molecule has 1 aromatic heterocycles. The number of halogens is 1. The number of aromatic nitrogens is 1. The van der Waals surface area contributed by atoms with Crippen LogP contribution in [0.25, 0.3) is 0 Å². The number of nitrogens with one attached hydrogen (secondary N) is 1. The molecule has 2 N–H and O–H groups in total. The predicted molar refractivity (Wildman–Crippen MR) is 162 cm³/mol. The highest BCUT2D eigenvalue weighted by Crippen LogP contribution is 2.35.